The van der Waals surface area contributed by atoms with Crippen molar-refractivity contribution in [2.24, 2.45) is 0 Å². The molecule has 0 saturated carbocycles. The van der Waals surface area contributed by atoms with Gasteiger partial charge in [0.1, 0.15) is 6.04 Å². The molecule has 0 aliphatic carbocycles. The number of ether oxygens (including phenoxy) is 1. The molecule has 21 heavy (non-hydrogen) atoms. The van der Waals surface area contributed by atoms with Gasteiger partial charge in [0.25, 0.3) is 5.91 Å². The van der Waals surface area contributed by atoms with Crippen LogP contribution in [-0.4, -0.2) is 22.8 Å². The Labute approximate surface area is 121 Å². The van der Waals surface area contributed by atoms with Crippen LogP contribution in [0.3, 0.4) is 0 Å². The molecule has 4 rings (SSSR count). The lowest BCUT2D eigenvalue weighted by Gasteiger charge is -2.31. The van der Waals surface area contributed by atoms with Crippen LogP contribution >= 0.6 is 0 Å². The Morgan fingerprint density at radius 2 is 1.67 bits per heavy atom. The normalized spacial score (nSPS) is 26.5. The average Bonchev–Trinajstić information content (AvgIpc) is 2.93. The standard InChI is InChI=1S/C17H13NO3/c1-11-16(20)21-17(12-7-3-2-4-8-12)14-10-6-5-9-13(14)15(19)18(11)17/h2-11H,1H3/t11-,17+/m0/s1. The van der Waals surface area contributed by atoms with E-state index in [-0.39, 0.29) is 11.9 Å². The van der Waals surface area contributed by atoms with E-state index in [2.05, 4.69) is 0 Å². The number of nitrogens with zero attached hydrogens (tertiary/aromatic N) is 1. The highest BCUT2D eigenvalue weighted by molar-refractivity contribution is 6.04. The molecule has 0 N–H and O–H groups in total. The van der Waals surface area contributed by atoms with E-state index in [9.17, 15) is 9.59 Å². The highest BCUT2D eigenvalue weighted by atomic mass is 16.6. The second-order valence-electron chi connectivity index (χ2n) is 5.33. The summed E-state index contributed by atoms with van der Waals surface area (Å²) in [6.45, 7) is 1.71. The SMILES string of the molecule is C[C@H]1C(=O)O[C@]2(c3ccccc3)c3ccccc3C(=O)N12. The van der Waals surface area contributed by atoms with E-state index in [0.717, 1.165) is 11.1 Å². The fourth-order valence-corrected chi connectivity index (χ4v) is 3.27. The van der Waals surface area contributed by atoms with Gasteiger partial charge in [0.15, 0.2) is 0 Å². The maximum absolute atomic E-state index is 12.7. The summed E-state index contributed by atoms with van der Waals surface area (Å²) < 4.78 is 5.73. The van der Waals surface area contributed by atoms with Crippen LogP contribution < -0.4 is 0 Å². The van der Waals surface area contributed by atoms with Gasteiger partial charge in [0.05, 0.1) is 0 Å². The Hall–Kier alpha value is -2.62. The summed E-state index contributed by atoms with van der Waals surface area (Å²) in [5.74, 6) is -0.533. The predicted molar refractivity (Wildman–Crippen MR) is 75.4 cm³/mol. The smallest absolute Gasteiger partial charge is 0.331 e. The Kier molecular flexibility index (Phi) is 2.28. The number of rotatable bonds is 1. The predicted octanol–water partition coefficient (Wildman–Crippen LogP) is 2.29. The van der Waals surface area contributed by atoms with Gasteiger partial charge in [0, 0.05) is 16.7 Å². The highest BCUT2D eigenvalue weighted by Gasteiger charge is 2.61. The van der Waals surface area contributed by atoms with Gasteiger partial charge in [-0.25, -0.2) is 4.79 Å². The van der Waals surface area contributed by atoms with E-state index in [0.29, 0.717) is 5.56 Å². The number of carbonyl (C=O) groups is 2. The van der Waals surface area contributed by atoms with E-state index in [1.165, 1.54) is 0 Å². The van der Waals surface area contributed by atoms with Crippen molar-refractivity contribution in [3.8, 4) is 0 Å². The van der Waals surface area contributed by atoms with Crippen molar-refractivity contribution >= 4 is 11.9 Å². The third-order valence-electron chi connectivity index (χ3n) is 4.22. The van der Waals surface area contributed by atoms with Gasteiger partial charge >= 0.3 is 5.97 Å². The molecule has 2 aromatic carbocycles. The van der Waals surface area contributed by atoms with E-state index >= 15 is 0 Å². The molecule has 2 aromatic rings. The molecule has 4 heteroatoms. The zero-order chi connectivity index (χ0) is 14.6. The molecule has 0 unspecified atom stereocenters. The number of hydrogen-bond donors (Lipinski definition) is 0. The second-order valence-corrected chi connectivity index (χ2v) is 5.33. The van der Waals surface area contributed by atoms with Crippen LogP contribution in [0.4, 0.5) is 0 Å². The first kappa shape index (κ1) is 12.1. The third-order valence-corrected chi connectivity index (χ3v) is 4.22. The van der Waals surface area contributed by atoms with Crippen LogP contribution in [0.25, 0.3) is 0 Å². The van der Waals surface area contributed by atoms with Gasteiger partial charge in [-0.15, -0.1) is 0 Å². The monoisotopic (exact) mass is 279 g/mol. The van der Waals surface area contributed by atoms with Gasteiger partial charge < -0.3 is 4.74 Å². The van der Waals surface area contributed by atoms with Crippen molar-refractivity contribution in [3.63, 3.8) is 0 Å². The molecule has 2 heterocycles. The van der Waals surface area contributed by atoms with Gasteiger partial charge in [-0.05, 0) is 13.0 Å². The van der Waals surface area contributed by atoms with Crippen LogP contribution in [0.15, 0.2) is 54.6 Å². The van der Waals surface area contributed by atoms with Crippen molar-refractivity contribution < 1.29 is 14.3 Å². The first-order valence-corrected chi connectivity index (χ1v) is 6.88. The van der Waals surface area contributed by atoms with Crippen molar-refractivity contribution in [1.29, 1.82) is 0 Å². The lowest BCUT2D eigenvalue weighted by Crippen LogP contribution is -2.43. The molecule has 1 saturated heterocycles. The average molecular weight is 279 g/mol. The maximum Gasteiger partial charge on any atom is 0.331 e. The lowest BCUT2D eigenvalue weighted by atomic mass is 9.94. The van der Waals surface area contributed by atoms with Crippen molar-refractivity contribution in [2.45, 2.75) is 18.7 Å². The van der Waals surface area contributed by atoms with Gasteiger partial charge in [-0.1, -0.05) is 48.5 Å². The maximum atomic E-state index is 12.7. The van der Waals surface area contributed by atoms with Crippen LogP contribution in [0.5, 0.6) is 0 Å². The summed E-state index contributed by atoms with van der Waals surface area (Å²) in [5, 5.41) is 0. The van der Waals surface area contributed by atoms with Crippen LogP contribution in [0, 0.1) is 0 Å². The topological polar surface area (TPSA) is 46.6 Å². The number of benzene rings is 2. The van der Waals surface area contributed by atoms with Crippen molar-refractivity contribution in [3.05, 3.63) is 71.3 Å². The Bertz CT molecular complexity index is 756. The first-order valence-electron chi connectivity index (χ1n) is 6.88. The molecule has 0 radical (unpaired) electrons. The zero-order valence-electron chi connectivity index (χ0n) is 11.4. The third kappa shape index (κ3) is 1.34. The molecular weight excluding hydrogens is 266 g/mol. The zero-order valence-corrected chi connectivity index (χ0v) is 11.4. The van der Waals surface area contributed by atoms with Crippen LogP contribution in [-0.2, 0) is 15.3 Å². The van der Waals surface area contributed by atoms with E-state index in [1.807, 2.05) is 48.5 Å². The first-order chi connectivity index (χ1) is 10.2. The number of hydrogen-bond acceptors (Lipinski definition) is 3. The molecule has 1 amide bonds. The molecule has 1 fully saturated rings. The van der Waals surface area contributed by atoms with Gasteiger partial charge in [-0.2, -0.15) is 0 Å². The Balaban J connectivity index is 2.05. The minimum absolute atomic E-state index is 0.159. The molecule has 0 spiro atoms. The Morgan fingerprint density at radius 3 is 2.43 bits per heavy atom. The minimum Gasteiger partial charge on any atom is -0.428 e. The summed E-state index contributed by atoms with van der Waals surface area (Å²) in [7, 11) is 0. The molecule has 0 bridgehead atoms. The lowest BCUT2D eigenvalue weighted by molar-refractivity contribution is -0.148. The van der Waals surface area contributed by atoms with E-state index in [4.69, 9.17) is 4.74 Å². The molecule has 4 nitrogen and oxygen atoms in total. The van der Waals surface area contributed by atoms with Crippen molar-refractivity contribution in [1.82, 2.24) is 4.90 Å². The summed E-state index contributed by atoms with van der Waals surface area (Å²) in [4.78, 5) is 26.4. The largest absolute Gasteiger partial charge is 0.428 e. The van der Waals surface area contributed by atoms with Crippen LogP contribution in [0.1, 0.15) is 28.4 Å². The fraction of sp³-hybridized carbons (Fsp3) is 0.176. The van der Waals surface area contributed by atoms with E-state index < -0.39 is 11.8 Å². The van der Waals surface area contributed by atoms with Gasteiger partial charge in [0.2, 0.25) is 5.72 Å². The summed E-state index contributed by atoms with van der Waals surface area (Å²) in [6, 6.07) is 16.1. The van der Waals surface area contributed by atoms with Crippen molar-refractivity contribution in [2.75, 3.05) is 0 Å². The molecule has 0 aromatic heterocycles. The quantitative estimate of drug-likeness (QED) is 0.752. The number of amides is 1. The van der Waals surface area contributed by atoms with E-state index in [1.54, 1.807) is 17.9 Å². The number of esters is 1. The molecule has 104 valence electrons. The second kappa shape index (κ2) is 3.95. The van der Waals surface area contributed by atoms with Gasteiger partial charge in [-0.3, -0.25) is 9.69 Å². The summed E-state index contributed by atoms with van der Waals surface area (Å²) in [6.07, 6.45) is 0. The summed E-state index contributed by atoms with van der Waals surface area (Å²) >= 11 is 0. The number of carbonyl (C=O) groups excluding carboxylic acids is 2. The molecule has 2 atom stereocenters. The molecule has 2 aliphatic rings. The Morgan fingerprint density at radius 1 is 1.00 bits per heavy atom. The van der Waals surface area contributed by atoms with Crippen LogP contribution in [0.2, 0.25) is 0 Å². The molecular formula is C17H13NO3. The molecule has 2 aliphatic heterocycles. The fourth-order valence-electron chi connectivity index (χ4n) is 3.27. The minimum atomic E-state index is -1.12. The highest BCUT2D eigenvalue weighted by Crippen LogP contribution is 2.49. The number of fused-ring (bicyclic) bond motifs is 3. The summed E-state index contributed by atoms with van der Waals surface area (Å²) in [5.41, 5.74) is 1.01.